The Labute approximate surface area is 133 Å². The van der Waals surface area contributed by atoms with Crippen LogP contribution < -0.4 is 5.32 Å². The van der Waals surface area contributed by atoms with E-state index in [0.29, 0.717) is 0 Å². The maximum absolute atomic E-state index is 9.90. The van der Waals surface area contributed by atoms with Crippen LogP contribution in [0.15, 0.2) is 29.0 Å². The molecule has 0 aliphatic heterocycles. The molecule has 0 unspecified atom stereocenters. The summed E-state index contributed by atoms with van der Waals surface area (Å²) in [6.07, 6.45) is 7.85. The molecule has 0 saturated heterocycles. The molecule has 1 aliphatic carbocycles. The topological polar surface area (TPSA) is 58.0 Å². The summed E-state index contributed by atoms with van der Waals surface area (Å²) < 4.78 is 0.919. The summed E-state index contributed by atoms with van der Waals surface area (Å²) in [5.41, 5.74) is 2.44. The fourth-order valence-corrected chi connectivity index (χ4v) is 3.35. The second-order valence-corrected chi connectivity index (χ2v) is 7.04. The van der Waals surface area contributed by atoms with Gasteiger partial charge in [-0.05, 0) is 59.7 Å². The van der Waals surface area contributed by atoms with Crippen LogP contribution in [-0.2, 0) is 0 Å². The molecule has 0 amide bonds. The van der Waals surface area contributed by atoms with E-state index in [-0.39, 0.29) is 12.1 Å². The van der Waals surface area contributed by atoms with Gasteiger partial charge in [-0.3, -0.25) is 9.97 Å². The number of hydrogen-bond acceptors (Lipinski definition) is 4. The van der Waals surface area contributed by atoms with Gasteiger partial charge in [0, 0.05) is 16.9 Å². The van der Waals surface area contributed by atoms with Crippen LogP contribution in [0.2, 0.25) is 0 Å². The number of nitrogens with zero attached hydrogens (tertiary/aromatic N) is 2. The predicted molar refractivity (Wildman–Crippen MR) is 88.3 cm³/mol. The minimum Gasteiger partial charge on any atom is -0.394 e. The first-order valence-corrected chi connectivity index (χ1v) is 8.20. The van der Waals surface area contributed by atoms with Crippen LogP contribution in [0.5, 0.6) is 0 Å². The quantitative estimate of drug-likeness (QED) is 0.885. The molecule has 21 heavy (non-hydrogen) atoms. The van der Waals surface area contributed by atoms with E-state index in [4.69, 9.17) is 0 Å². The van der Waals surface area contributed by atoms with Crippen molar-refractivity contribution in [2.75, 3.05) is 11.9 Å². The summed E-state index contributed by atoms with van der Waals surface area (Å²) in [5.74, 6) is 0.745. The number of rotatable bonds is 3. The highest BCUT2D eigenvalue weighted by Gasteiger charge is 2.33. The summed E-state index contributed by atoms with van der Waals surface area (Å²) >= 11 is 3.42. The van der Waals surface area contributed by atoms with Crippen molar-refractivity contribution in [2.24, 2.45) is 5.92 Å². The molecule has 0 radical (unpaired) electrons. The fraction of sp³-hybridized carbons (Fsp3) is 0.500. The third-order valence-corrected chi connectivity index (χ3v) is 4.91. The maximum atomic E-state index is 9.90. The largest absolute Gasteiger partial charge is 0.394 e. The first kappa shape index (κ1) is 14.7. The van der Waals surface area contributed by atoms with E-state index in [1.807, 2.05) is 12.1 Å². The second kappa shape index (κ2) is 5.89. The molecular weight excluding hydrogens is 330 g/mol. The summed E-state index contributed by atoms with van der Waals surface area (Å²) in [7, 11) is 0. The van der Waals surface area contributed by atoms with Gasteiger partial charge in [-0.2, -0.15) is 0 Å². The van der Waals surface area contributed by atoms with Crippen molar-refractivity contribution in [1.82, 2.24) is 9.97 Å². The number of anilines is 1. The molecule has 112 valence electrons. The Morgan fingerprint density at radius 2 is 2.14 bits per heavy atom. The van der Waals surface area contributed by atoms with Crippen LogP contribution >= 0.6 is 15.9 Å². The Balaban J connectivity index is 1.93. The number of pyridine rings is 2. The molecule has 0 bridgehead atoms. The lowest BCUT2D eigenvalue weighted by Crippen LogP contribution is -2.45. The molecule has 2 aromatic rings. The first-order chi connectivity index (χ1) is 10.1. The molecule has 1 aliphatic rings. The summed E-state index contributed by atoms with van der Waals surface area (Å²) in [6, 6.07) is 3.90. The lowest BCUT2D eigenvalue weighted by Gasteiger charge is -2.39. The highest BCUT2D eigenvalue weighted by atomic mass is 79.9. The average molecular weight is 350 g/mol. The number of nitrogens with one attached hydrogen (secondary N) is 1. The smallest absolute Gasteiger partial charge is 0.112 e. The van der Waals surface area contributed by atoms with Gasteiger partial charge in [0.05, 0.1) is 23.3 Å². The highest BCUT2D eigenvalue weighted by Crippen LogP contribution is 2.35. The van der Waals surface area contributed by atoms with Gasteiger partial charge in [0.15, 0.2) is 0 Å². The monoisotopic (exact) mass is 349 g/mol. The molecule has 1 fully saturated rings. The number of aliphatic hydroxyl groups is 1. The Hall–Kier alpha value is -1.20. The standard InChI is InChI=1S/C16H20BrN3O/c1-11-2-5-16(10-21,6-3-11)20-13-4-7-18-14-8-12(17)9-19-15(13)14/h4,7-9,11,21H,2-3,5-6,10H2,1H3,(H,18,20). The van der Waals surface area contributed by atoms with Crippen molar-refractivity contribution in [2.45, 2.75) is 38.1 Å². The number of halogens is 1. The van der Waals surface area contributed by atoms with Crippen LogP contribution in [-0.4, -0.2) is 27.2 Å². The molecule has 5 heteroatoms. The van der Waals surface area contributed by atoms with Gasteiger partial charge in [0.2, 0.25) is 0 Å². The average Bonchev–Trinajstić information content (AvgIpc) is 2.50. The zero-order chi connectivity index (χ0) is 14.9. The molecule has 3 rings (SSSR count). The lowest BCUT2D eigenvalue weighted by atomic mass is 9.77. The van der Waals surface area contributed by atoms with E-state index in [1.165, 1.54) is 0 Å². The fourth-order valence-electron chi connectivity index (χ4n) is 3.03. The van der Waals surface area contributed by atoms with E-state index in [1.54, 1.807) is 12.4 Å². The van der Waals surface area contributed by atoms with Crippen LogP contribution in [0, 0.1) is 5.92 Å². The van der Waals surface area contributed by atoms with Gasteiger partial charge in [0.25, 0.3) is 0 Å². The zero-order valence-corrected chi connectivity index (χ0v) is 13.7. The molecule has 2 N–H and O–H groups in total. The minimum absolute atomic E-state index is 0.153. The molecule has 1 saturated carbocycles. The predicted octanol–water partition coefficient (Wildman–Crippen LogP) is 3.75. The first-order valence-electron chi connectivity index (χ1n) is 7.41. The Kier molecular flexibility index (Phi) is 4.13. The third-order valence-electron chi connectivity index (χ3n) is 4.48. The van der Waals surface area contributed by atoms with Gasteiger partial charge >= 0.3 is 0 Å². The van der Waals surface area contributed by atoms with E-state index in [0.717, 1.165) is 52.8 Å². The number of hydrogen-bond donors (Lipinski definition) is 2. The van der Waals surface area contributed by atoms with Gasteiger partial charge in [0.1, 0.15) is 5.52 Å². The molecule has 2 heterocycles. The summed E-state index contributed by atoms with van der Waals surface area (Å²) in [5, 5.41) is 13.5. The number of aromatic nitrogens is 2. The Bertz CT molecular complexity index is 638. The highest BCUT2D eigenvalue weighted by molar-refractivity contribution is 9.10. The van der Waals surface area contributed by atoms with Gasteiger partial charge in [-0.15, -0.1) is 0 Å². The minimum atomic E-state index is -0.227. The SMILES string of the molecule is CC1CCC(CO)(Nc2ccnc3cc(Br)cnc23)CC1. The number of aliphatic hydroxyl groups excluding tert-OH is 1. The summed E-state index contributed by atoms with van der Waals surface area (Å²) in [6.45, 7) is 2.43. The Morgan fingerprint density at radius 3 is 2.86 bits per heavy atom. The zero-order valence-electron chi connectivity index (χ0n) is 12.1. The molecule has 0 aromatic carbocycles. The molecule has 4 nitrogen and oxygen atoms in total. The van der Waals surface area contributed by atoms with Crippen molar-refractivity contribution < 1.29 is 5.11 Å². The van der Waals surface area contributed by atoms with Crippen LogP contribution in [0.1, 0.15) is 32.6 Å². The lowest BCUT2D eigenvalue weighted by molar-refractivity contribution is 0.155. The van der Waals surface area contributed by atoms with Crippen molar-refractivity contribution in [3.05, 3.63) is 29.0 Å². The van der Waals surface area contributed by atoms with Crippen molar-refractivity contribution in [3.8, 4) is 0 Å². The molecular formula is C16H20BrN3O. The third kappa shape index (κ3) is 3.04. The number of fused-ring (bicyclic) bond motifs is 1. The van der Waals surface area contributed by atoms with Crippen molar-refractivity contribution in [1.29, 1.82) is 0 Å². The maximum Gasteiger partial charge on any atom is 0.112 e. The van der Waals surface area contributed by atoms with E-state index < -0.39 is 0 Å². The normalized spacial score (nSPS) is 26.0. The molecule has 0 atom stereocenters. The van der Waals surface area contributed by atoms with Crippen molar-refractivity contribution >= 4 is 32.7 Å². The van der Waals surface area contributed by atoms with Crippen LogP contribution in [0.3, 0.4) is 0 Å². The van der Waals surface area contributed by atoms with Crippen molar-refractivity contribution in [3.63, 3.8) is 0 Å². The van der Waals surface area contributed by atoms with Crippen LogP contribution in [0.4, 0.5) is 5.69 Å². The summed E-state index contributed by atoms with van der Waals surface area (Å²) in [4.78, 5) is 8.83. The van der Waals surface area contributed by atoms with Crippen LogP contribution in [0.25, 0.3) is 11.0 Å². The van der Waals surface area contributed by atoms with Gasteiger partial charge in [-0.25, -0.2) is 0 Å². The second-order valence-electron chi connectivity index (χ2n) is 6.13. The Morgan fingerprint density at radius 1 is 1.38 bits per heavy atom. The molecule has 0 spiro atoms. The van der Waals surface area contributed by atoms with E-state index in [2.05, 4.69) is 38.1 Å². The van der Waals surface area contributed by atoms with E-state index >= 15 is 0 Å². The van der Waals surface area contributed by atoms with E-state index in [9.17, 15) is 5.11 Å². The van der Waals surface area contributed by atoms with Gasteiger partial charge in [-0.1, -0.05) is 6.92 Å². The van der Waals surface area contributed by atoms with Gasteiger partial charge < -0.3 is 10.4 Å². The molecule has 2 aromatic heterocycles.